The van der Waals surface area contributed by atoms with Gasteiger partial charge in [-0.25, -0.2) is 9.18 Å². The summed E-state index contributed by atoms with van der Waals surface area (Å²) in [4.78, 5) is 26.6. The van der Waals surface area contributed by atoms with Gasteiger partial charge in [0.25, 0.3) is 5.56 Å². The van der Waals surface area contributed by atoms with E-state index in [4.69, 9.17) is 0 Å². The fourth-order valence-electron chi connectivity index (χ4n) is 1.37. The Morgan fingerprint density at radius 1 is 1.24 bits per heavy atom. The van der Waals surface area contributed by atoms with Gasteiger partial charge < -0.3 is 4.98 Å². The van der Waals surface area contributed by atoms with Crippen molar-refractivity contribution in [1.82, 2.24) is 9.97 Å². The Hall–Kier alpha value is -1.43. The molecule has 0 saturated carbocycles. The molecule has 0 aliphatic rings. The zero-order valence-corrected chi connectivity index (χ0v) is 11.2. The van der Waals surface area contributed by atoms with Crippen molar-refractivity contribution in [2.24, 2.45) is 0 Å². The largest absolute Gasteiger partial charge is 0.326 e. The number of aromatic nitrogens is 2. The molecular weight excluding hydrogens is 291 g/mol. The molecule has 0 radical (unpaired) electrons. The van der Waals surface area contributed by atoms with E-state index in [1.807, 2.05) is 18.8 Å². The number of H-pyrrole nitrogens is 2. The summed E-state index contributed by atoms with van der Waals surface area (Å²) >= 11 is 3.04. The summed E-state index contributed by atoms with van der Waals surface area (Å²) in [6.07, 6.45) is 0. The molecule has 0 spiro atoms. The van der Waals surface area contributed by atoms with E-state index in [0.717, 1.165) is 0 Å². The average molecular weight is 303 g/mol. The van der Waals surface area contributed by atoms with E-state index in [2.05, 4.69) is 20.9 Å². The third-order valence-electron chi connectivity index (χ3n) is 2.10. The van der Waals surface area contributed by atoms with Crippen molar-refractivity contribution in [1.29, 1.82) is 0 Å². The molecule has 2 rings (SSSR count). The van der Waals surface area contributed by atoms with Crippen LogP contribution in [-0.4, -0.2) is 9.97 Å². The number of halogens is 2. The van der Waals surface area contributed by atoms with Gasteiger partial charge in [-0.2, -0.15) is 0 Å². The van der Waals surface area contributed by atoms with Crippen LogP contribution in [0.2, 0.25) is 0 Å². The number of rotatable bonds is 0. The first kappa shape index (κ1) is 13.6. The molecule has 1 aromatic carbocycles. The highest BCUT2D eigenvalue weighted by molar-refractivity contribution is 9.10. The highest BCUT2D eigenvalue weighted by Gasteiger charge is 2.11. The minimum Gasteiger partial charge on any atom is -0.304 e. The minimum atomic E-state index is -0.720. The molecule has 0 unspecified atom stereocenters. The van der Waals surface area contributed by atoms with Crippen LogP contribution >= 0.6 is 15.9 Å². The van der Waals surface area contributed by atoms with Crippen molar-refractivity contribution >= 4 is 26.8 Å². The fraction of sp³-hybridized carbons (Fsp3) is 0.273. The van der Waals surface area contributed by atoms with Crippen LogP contribution in [0.1, 0.15) is 19.4 Å². The van der Waals surface area contributed by atoms with Gasteiger partial charge >= 0.3 is 5.69 Å². The molecule has 1 aromatic heterocycles. The van der Waals surface area contributed by atoms with Gasteiger partial charge in [0.2, 0.25) is 0 Å². The maximum absolute atomic E-state index is 13.6. The first-order valence-electron chi connectivity index (χ1n) is 5.11. The van der Waals surface area contributed by atoms with Crippen molar-refractivity contribution < 1.29 is 4.39 Å². The summed E-state index contributed by atoms with van der Waals surface area (Å²) in [7, 11) is 0. The van der Waals surface area contributed by atoms with Crippen LogP contribution in [0.25, 0.3) is 10.9 Å². The Kier molecular flexibility index (Phi) is 4.22. The number of hydrogen-bond acceptors (Lipinski definition) is 2. The number of hydrogen-bond donors (Lipinski definition) is 2. The van der Waals surface area contributed by atoms with E-state index in [9.17, 15) is 14.0 Å². The molecule has 4 nitrogen and oxygen atoms in total. The molecule has 0 aliphatic heterocycles. The van der Waals surface area contributed by atoms with Crippen molar-refractivity contribution in [3.8, 4) is 0 Å². The molecule has 0 atom stereocenters. The summed E-state index contributed by atoms with van der Waals surface area (Å²) in [5.74, 6) is -0.631. The Morgan fingerprint density at radius 2 is 1.82 bits per heavy atom. The number of aryl methyl sites for hydroxylation is 1. The smallest absolute Gasteiger partial charge is 0.304 e. The van der Waals surface area contributed by atoms with Gasteiger partial charge in [-0.15, -0.1) is 0 Å². The molecule has 17 heavy (non-hydrogen) atoms. The Balaban J connectivity index is 0.000000686. The first-order chi connectivity index (χ1) is 8.00. The quantitative estimate of drug-likeness (QED) is 0.785. The van der Waals surface area contributed by atoms with E-state index >= 15 is 0 Å². The standard InChI is InChI=1S/C9H6BrFN2O2.C2H6/c1-3-2-4-7(6(11)5(3)10)12-9(15)13-8(4)14;1-2/h2H,1H3,(H2,12,13,14,15);1-2H3. The lowest BCUT2D eigenvalue weighted by Crippen LogP contribution is -2.22. The monoisotopic (exact) mass is 302 g/mol. The van der Waals surface area contributed by atoms with Gasteiger partial charge in [0.05, 0.1) is 15.4 Å². The lowest BCUT2D eigenvalue weighted by molar-refractivity contribution is 0.628. The van der Waals surface area contributed by atoms with Crippen molar-refractivity contribution in [2.45, 2.75) is 20.8 Å². The second-order valence-electron chi connectivity index (χ2n) is 3.15. The number of fused-ring (bicyclic) bond motifs is 1. The third-order valence-corrected chi connectivity index (χ3v) is 3.07. The van der Waals surface area contributed by atoms with Gasteiger partial charge in [-0.1, -0.05) is 13.8 Å². The highest BCUT2D eigenvalue weighted by atomic mass is 79.9. The average Bonchev–Trinajstić information content (AvgIpc) is 2.31. The summed E-state index contributed by atoms with van der Waals surface area (Å²) < 4.78 is 13.9. The van der Waals surface area contributed by atoms with Crippen LogP contribution in [-0.2, 0) is 0 Å². The van der Waals surface area contributed by atoms with Gasteiger partial charge in [-0.05, 0) is 34.5 Å². The van der Waals surface area contributed by atoms with Gasteiger partial charge in [0.1, 0.15) is 0 Å². The predicted octanol–water partition coefficient (Wildman–Crippen LogP) is 2.45. The summed E-state index contributed by atoms with van der Waals surface area (Å²) in [6, 6.07) is 1.51. The molecule has 2 N–H and O–H groups in total. The Bertz CT molecular complexity index is 661. The fourth-order valence-corrected chi connectivity index (χ4v) is 1.68. The van der Waals surface area contributed by atoms with Crippen LogP contribution in [0.4, 0.5) is 4.39 Å². The molecule has 6 heteroatoms. The summed E-state index contributed by atoms with van der Waals surface area (Å²) in [5, 5.41) is 0.132. The summed E-state index contributed by atoms with van der Waals surface area (Å²) in [6.45, 7) is 5.66. The highest BCUT2D eigenvalue weighted by Crippen LogP contribution is 2.24. The molecule has 0 amide bonds. The maximum atomic E-state index is 13.6. The van der Waals surface area contributed by atoms with Crippen LogP contribution in [0, 0.1) is 12.7 Å². The number of nitrogens with one attached hydrogen (secondary N) is 2. The predicted molar refractivity (Wildman–Crippen MR) is 68.9 cm³/mol. The van der Waals surface area contributed by atoms with Gasteiger partial charge in [-0.3, -0.25) is 9.78 Å². The van der Waals surface area contributed by atoms with Gasteiger partial charge in [0.15, 0.2) is 5.82 Å². The van der Waals surface area contributed by atoms with Crippen LogP contribution in [0.15, 0.2) is 20.1 Å². The lowest BCUT2D eigenvalue weighted by atomic mass is 10.1. The zero-order valence-electron chi connectivity index (χ0n) is 9.65. The molecule has 0 fully saturated rings. The molecule has 0 saturated heterocycles. The SMILES string of the molecule is CC.Cc1cc2c(=O)[nH]c(=O)[nH]c2c(F)c1Br. The third kappa shape index (κ3) is 2.46. The van der Waals surface area contributed by atoms with Crippen LogP contribution in [0.5, 0.6) is 0 Å². The molecule has 92 valence electrons. The number of benzene rings is 1. The minimum absolute atomic E-state index is 0.0822. The molecule has 0 bridgehead atoms. The first-order valence-corrected chi connectivity index (χ1v) is 5.91. The van der Waals surface area contributed by atoms with Crippen LogP contribution < -0.4 is 11.2 Å². The van der Waals surface area contributed by atoms with Gasteiger partial charge in [0, 0.05) is 0 Å². The Labute approximate surface area is 105 Å². The lowest BCUT2D eigenvalue weighted by Gasteiger charge is -2.03. The van der Waals surface area contributed by atoms with E-state index in [0.29, 0.717) is 5.56 Å². The number of aromatic amines is 2. The van der Waals surface area contributed by atoms with Crippen molar-refractivity contribution in [3.63, 3.8) is 0 Å². The molecule has 2 aromatic rings. The van der Waals surface area contributed by atoms with Crippen molar-refractivity contribution in [3.05, 3.63) is 42.8 Å². The van der Waals surface area contributed by atoms with E-state index in [1.165, 1.54) is 6.07 Å². The molecule has 0 aliphatic carbocycles. The summed E-state index contributed by atoms with van der Waals surface area (Å²) in [5.41, 5.74) is -0.802. The van der Waals surface area contributed by atoms with E-state index in [1.54, 1.807) is 6.92 Å². The molecular formula is C11H12BrFN2O2. The normalized spacial score (nSPS) is 9.94. The van der Waals surface area contributed by atoms with Crippen molar-refractivity contribution in [2.75, 3.05) is 0 Å². The second-order valence-corrected chi connectivity index (χ2v) is 3.95. The Morgan fingerprint density at radius 3 is 2.41 bits per heavy atom. The van der Waals surface area contributed by atoms with E-state index < -0.39 is 17.1 Å². The zero-order chi connectivity index (χ0) is 13.2. The maximum Gasteiger partial charge on any atom is 0.326 e. The molecule has 1 heterocycles. The second kappa shape index (κ2) is 5.27. The topological polar surface area (TPSA) is 65.7 Å². The van der Waals surface area contributed by atoms with Crippen LogP contribution in [0.3, 0.4) is 0 Å². The van der Waals surface area contributed by atoms with E-state index in [-0.39, 0.29) is 15.4 Å².